The molecule has 4 nitrogen and oxygen atoms in total. The molecule has 1 aromatic heterocycles. The van der Waals surface area contributed by atoms with Crippen molar-refractivity contribution in [2.24, 2.45) is 0 Å². The van der Waals surface area contributed by atoms with E-state index in [0.29, 0.717) is 12.0 Å². The lowest BCUT2D eigenvalue weighted by molar-refractivity contribution is 0.111. The average Bonchev–Trinajstić information content (AvgIpc) is 2.70. The molecule has 6 heteroatoms. The van der Waals surface area contributed by atoms with Gasteiger partial charge in [0.15, 0.2) is 6.29 Å². The molecule has 0 aliphatic rings. The fraction of sp³-hybridized carbons (Fsp3) is 0. The predicted octanol–water partition coefficient (Wildman–Crippen LogP) is 1.87. The van der Waals surface area contributed by atoms with Crippen molar-refractivity contribution in [2.75, 3.05) is 0 Å². The van der Waals surface area contributed by atoms with Crippen LogP contribution in [0.5, 0.6) is 0 Å². The third-order valence-electron chi connectivity index (χ3n) is 1.81. The number of carbonyl (C=O) groups excluding carboxylic acids is 1. The van der Waals surface area contributed by atoms with Gasteiger partial charge in [-0.3, -0.25) is 4.79 Å². The molecule has 2 rings (SSSR count). The van der Waals surface area contributed by atoms with Gasteiger partial charge in [0.05, 0.1) is 11.9 Å². The third-order valence-corrected chi connectivity index (χ3v) is 2.18. The molecular weight excluding hydrogens is 221 g/mol. The Morgan fingerprint density at radius 3 is 2.93 bits per heavy atom. The van der Waals surface area contributed by atoms with Crippen LogP contribution in [-0.2, 0) is 0 Å². The summed E-state index contributed by atoms with van der Waals surface area (Å²) in [4.78, 5) is 10.4. The van der Waals surface area contributed by atoms with Crippen LogP contribution in [0.3, 0.4) is 0 Å². The SMILES string of the molecule is O=Cc1cn(-c2cccc(F)c2Cl)nn1. The van der Waals surface area contributed by atoms with Gasteiger partial charge in [-0.05, 0) is 12.1 Å². The first kappa shape index (κ1) is 9.79. The van der Waals surface area contributed by atoms with Gasteiger partial charge in [-0.2, -0.15) is 0 Å². The Kier molecular flexibility index (Phi) is 2.47. The predicted molar refractivity (Wildman–Crippen MR) is 51.7 cm³/mol. The van der Waals surface area contributed by atoms with Gasteiger partial charge < -0.3 is 0 Å². The van der Waals surface area contributed by atoms with E-state index >= 15 is 0 Å². The van der Waals surface area contributed by atoms with E-state index in [0.717, 1.165) is 0 Å². The molecule has 0 saturated carbocycles. The second-order valence-electron chi connectivity index (χ2n) is 2.78. The molecule has 2 aromatic rings. The van der Waals surface area contributed by atoms with Crippen molar-refractivity contribution >= 4 is 17.9 Å². The highest BCUT2D eigenvalue weighted by Gasteiger charge is 2.09. The van der Waals surface area contributed by atoms with Crippen LogP contribution in [0.4, 0.5) is 4.39 Å². The van der Waals surface area contributed by atoms with Crippen molar-refractivity contribution in [1.82, 2.24) is 15.0 Å². The summed E-state index contributed by atoms with van der Waals surface area (Å²) in [5, 5.41) is 7.13. The number of aromatic nitrogens is 3. The minimum atomic E-state index is -0.544. The molecule has 0 atom stereocenters. The number of rotatable bonds is 2. The van der Waals surface area contributed by atoms with Gasteiger partial charge in [0.25, 0.3) is 0 Å². The molecule has 0 N–H and O–H groups in total. The molecule has 0 spiro atoms. The standard InChI is InChI=1S/C9H5ClFN3O/c10-9-7(11)2-1-3-8(9)14-4-6(5-15)12-13-14/h1-5H. The van der Waals surface area contributed by atoms with Crippen molar-refractivity contribution < 1.29 is 9.18 Å². The van der Waals surface area contributed by atoms with E-state index in [-0.39, 0.29) is 10.7 Å². The molecule has 15 heavy (non-hydrogen) atoms. The van der Waals surface area contributed by atoms with Crippen molar-refractivity contribution in [2.45, 2.75) is 0 Å². The summed E-state index contributed by atoms with van der Waals surface area (Å²) in [6.45, 7) is 0. The summed E-state index contributed by atoms with van der Waals surface area (Å²) in [6, 6.07) is 4.32. The number of halogens is 2. The van der Waals surface area contributed by atoms with Crippen LogP contribution in [0, 0.1) is 5.82 Å². The Balaban J connectivity index is 2.53. The normalized spacial score (nSPS) is 10.3. The van der Waals surface area contributed by atoms with E-state index < -0.39 is 5.82 Å². The van der Waals surface area contributed by atoms with Gasteiger partial charge in [-0.15, -0.1) is 5.10 Å². The lowest BCUT2D eigenvalue weighted by Crippen LogP contribution is -1.97. The summed E-state index contributed by atoms with van der Waals surface area (Å²) in [5.74, 6) is -0.544. The second kappa shape index (κ2) is 3.78. The number of aldehydes is 1. The van der Waals surface area contributed by atoms with Crippen molar-refractivity contribution in [1.29, 1.82) is 0 Å². The molecule has 76 valence electrons. The van der Waals surface area contributed by atoms with Gasteiger partial charge in [-0.1, -0.05) is 22.9 Å². The topological polar surface area (TPSA) is 47.8 Å². The first-order valence-electron chi connectivity index (χ1n) is 4.04. The van der Waals surface area contributed by atoms with Gasteiger partial charge >= 0.3 is 0 Å². The van der Waals surface area contributed by atoms with Crippen LogP contribution in [0.15, 0.2) is 24.4 Å². The Bertz CT molecular complexity index is 512. The van der Waals surface area contributed by atoms with E-state index in [1.807, 2.05) is 0 Å². The number of hydrogen-bond donors (Lipinski definition) is 0. The Hall–Kier alpha value is -1.75. The minimum absolute atomic E-state index is 0.0557. The smallest absolute Gasteiger partial charge is 0.171 e. The van der Waals surface area contributed by atoms with E-state index in [4.69, 9.17) is 11.6 Å². The van der Waals surface area contributed by atoms with Crippen LogP contribution in [0.25, 0.3) is 5.69 Å². The van der Waals surface area contributed by atoms with Gasteiger partial charge in [0, 0.05) is 0 Å². The highest BCUT2D eigenvalue weighted by Crippen LogP contribution is 2.22. The zero-order chi connectivity index (χ0) is 10.8. The molecule has 1 aromatic carbocycles. The highest BCUT2D eigenvalue weighted by molar-refractivity contribution is 6.32. The molecule has 0 aliphatic heterocycles. The monoisotopic (exact) mass is 225 g/mol. The third kappa shape index (κ3) is 1.73. The van der Waals surface area contributed by atoms with Crippen LogP contribution in [0.2, 0.25) is 5.02 Å². The molecule has 0 bridgehead atoms. The molecule has 0 amide bonds. The minimum Gasteiger partial charge on any atom is -0.296 e. The maximum atomic E-state index is 13.1. The summed E-state index contributed by atoms with van der Waals surface area (Å²) in [5.41, 5.74) is 0.507. The van der Waals surface area contributed by atoms with E-state index in [1.54, 1.807) is 6.07 Å². The van der Waals surface area contributed by atoms with Crippen LogP contribution < -0.4 is 0 Å². The number of benzene rings is 1. The Morgan fingerprint density at radius 2 is 2.27 bits per heavy atom. The van der Waals surface area contributed by atoms with Crippen molar-refractivity contribution in [3.8, 4) is 5.69 Å². The highest BCUT2D eigenvalue weighted by atomic mass is 35.5. The molecule has 0 saturated heterocycles. The molecular formula is C9H5ClFN3O. The number of carbonyl (C=O) groups is 1. The molecule has 0 radical (unpaired) electrons. The Labute approximate surface area is 89.3 Å². The van der Waals surface area contributed by atoms with Crippen LogP contribution >= 0.6 is 11.6 Å². The molecule has 0 unspecified atom stereocenters. The van der Waals surface area contributed by atoms with Crippen LogP contribution in [0.1, 0.15) is 10.5 Å². The quantitative estimate of drug-likeness (QED) is 0.733. The number of hydrogen-bond acceptors (Lipinski definition) is 3. The maximum Gasteiger partial charge on any atom is 0.171 e. The van der Waals surface area contributed by atoms with Crippen LogP contribution in [-0.4, -0.2) is 21.3 Å². The zero-order valence-corrected chi connectivity index (χ0v) is 8.15. The lowest BCUT2D eigenvalue weighted by Gasteiger charge is -2.02. The molecule has 1 heterocycles. The van der Waals surface area contributed by atoms with E-state index in [2.05, 4.69) is 10.3 Å². The summed E-state index contributed by atoms with van der Waals surface area (Å²) in [7, 11) is 0. The van der Waals surface area contributed by atoms with Crippen molar-refractivity contribution in [3.05, 3.63) is 40.9 Å². The molecule has 0 aliphatic carbocycles. The fourth-order valence-electron chi connectivity index (χ4n) is 1.12. The average molecular weight is 226 g/mol. The maximum absolute atomic E-state index is 13.1. The summed E-state index contributed by atoms with van der Waals surface area (Å²) < 4.78 is 14.3. The fourth-order valence-corrected chi connectivity index (χ4v) is 1.33. The first-order valence-corrected chi connectivity index (χ1v) is 4.42. The largest absolute Gasteiger partial charge is 0.296 e. The van der Waals surface area contributed by atoms with Crippen molar-refractivity contribution in [3.63, 3.8) is 0 Å². The second-order valence-corrected chi connectivity index (χ2v) is 3.16. The number of nitrogens with zero attached hydrogens (tertiary/aromatic N) is 3. The van der Waals surface area contributed by atoms with Gasteiger partial charge in [-0.25, -0.2) is 9.07 Å². The lowest BCUT2D eigenvalue weighted by atomic mass is 10.3. The van der Waals surface area contributed by atoms with Gasteiger partial charge in [0.1, 0.15) is 16.5 Å². The Morgan fingerprint density at radius 1 is 1.47 bits per heavy atom. The van der Waals surface area contributed by atoms with Gasteiger partial charge in [0.2, 0.25) is 0 Å². The van der Waals surface area contributed by atoms with E-state index in [9.17, 15) is 9.18 Å². The summed E-state index contributed by atoms with van der Waals surface area (Å²) >= 11 is 5.73. The first-order chi connectivity index (χ1) is 7.22. The summed E-state index contributed by atoms with van der Waals surface area (Å²) in [6.07, 6.45) is 1.92. The zero-order valence-electron chi connectivity index (χ0n) is 7.39. The van der Waals surface area contributed by atoms with E-state index in [1.165, 1.54) is 23.0 Å². The molecule has 0 fully saturated rings.